The third-order valence-corrected chi connectivity index (χ3v) is 6.99. The Bertz CT molecular complexity index is 1590. The summed E-state index contributed by atoms with van der Waals surface area (Å²) in [5.74, 6) is -2.88. The van der Waals surface area contributed by atoms with Crippen LogP contribution in [0.5, 0.6) is 0 Å². The number of benzene rings is 3. The van der Waals surface area contributed by atoms with E-state index in [0.717, 1.165) is 21.8 Å². The molecule has 1 N–H and O–H groups in total. The van der Waals surface area contributed by atoms with E-state index in [9.17, 15) is 24.0 Å². The lowest BCUT2D eigenvalue weighted by Gasteiger charge is -2.14. The van der Waals surface area contributed by atoms with E-state index in [1.165, 1.54) is 24.3 Å². The van der Waals surface area contributed by atoms with Crippen LogP contribution in [0.4, 0.5) is 10.7 Å². The highest BCUT2D eigenvalue weighted by Crippen LogP contribution is 2.36. The first-order valence-electron chi connectivity index (χ1n) is 12.3. The normalized spacial score (nSPS) is 12.2. The van der Waals surface area contributed by atoms with Crippen LogP contribution in [-0.4, -0.2) is 42.9 Å². The lowest BCUT2D eigenvalue weighted by molar-refractivity contribution is -0.119. The second-order valence-corrected chi connectivity index (χ2v) is 9.48. The van der Waals surface area contributed by atoms with Gasteiger partial charge in [0.05, 0.1) is 29.0 Å². The minimum absolute atomic E-state index is 0.128. The quantitative estimate of drug-likeness (QED) is 0.235. The highest BCUT2D eigenvalue weighted by Gasteiger charge is 2.36. The maximum atomic E-state index is 12.7. The Hall–Kier alpha value is -5.09. The van der Waals surface area contributed by atoms with E-state index in [1.807, 2.05) is 30.3 Å². The topological polar surface area (TPSA) is 119 Å². The van der Waals surface area contributed by atoms with Crippen LogP contribution in [-0.2, 0) is 14.3 Å². The predicted octanol–water partition coefficient (Wildman–Crippen LogP) is 5.19. The largest absolute Gasteiger partial charge is 0.462 e. The Morgan fingerprint density at radius 2 is 1.40 bits per heavy atom. The highest BCUT2D eigenvalue weighted by atomic mass is 32.1. The number of hydrogen-bond donors (Lipinski definition) is 1. The molecule has 3 amide bonds. The number of ether oxygens (including phenoxy) is 2. The Labute approximate surface area is 233 Å². The van der Waals surface area contributed by atoms with E-state index >= 15 is 0 Å². The van der Waals surface area contributed by atoms with Crippen molar-refractivity contribution in [3.05, 3.63) is 106 Å². The van der Waals surface area contributed by atoms with Crippen molar-refractivity contribution in [1.82, 2.24) is 0 Å². The summed E-state index contributed by atoms with van der Waals surface area (Å²) in [6.45, 7) is 1.26. The first-order valence-corrected chi connectivity index (χ1v) is 13.2. The third-order valence-electron chi connectivity index (χ3n) is 6.10. The summed E-state index contributed by atoms with van der Waals surface area (Å²) in [6.07, 6.45) is 0. The van der Waals surface area contributed by atoms with Crippen molar-refractivity contribution in [2.45, 2.75) is 6.92 Å². The van der Waals surface area contributed by atoms with Crippen molar-refractivity contribution in [1.29, 1.82) is 0 Å². The molecule has 0 saturated heterocycles. The van der Waals surface area contributed by atoms with Gasteiger partial charge in [-0.2, -0.15) is 0 Å². The summed E-state index contributed by atoms with van der Waals surface area (Å²) < 4.78 is 10.3. The first kappa shape index (κ1) is 26.5. The van der Waals surface area contributed by atoms with Gasteiger partial charge in [0, 0.05) is 10.9 Å². The van der Waals surface area contributed by atoms with E-state index in [0.29, 0.717) is 22.4 Å². The predicted molar refractivity (Wildman–Crippen MR) is 149 cm³/mol. The van der Waals surface area contributed by atoms with E-state index < -0.39 is 36.3 Å². The zero-order valence-electron chi connectivity index (χ0n) is 21.2. The van der Waals surface area contributed by atoms with Crippen molar-refractivity contribution in [2.75, 3.05) is 23.4 Å². The fourth-order valence-electron chi connectivity index (χ4n) is 4.23. The molecule has 2 heterocycles. The molecule has 0 fully saturated rings. The zero-order chi connectivity index (χ0) is 28.2. The molecule has 0 spiro atoms. The molecule has 9 nitrogen and oxygen atoms in total. The van der Waals surface area contributed by atoms with Gasteiger partial charge in [-0.3, -0.25) is 14.4 Å². The molecule has 200 valence electrons. The Morgan fingerprint density at radius 1 is 0.775 bits per heavy atom. The fourth-order valence-corrected chi connectivity index (χ4v) is 5.21. The van der Waals surface area contributed by atoms with Gasteiger partial charge in [0.25, 0.3) is 17.7 Å². The van der Waals surface area contributed by atoms with Crippen LogP contribution in [0.3, 0.4) is 0 Å². The molecule has 0 saturated carbocycles. The number of anilines is 2. The van der Waals surface area contributed by atoms with Gasteiger partial charge < -0.3 is 14.8 Å². The summed E-state index contributed by atoms with van der Waals surface area (Å²) in [6, 6.07) is 21.5. The summed E-state index contributed by atoms with van der Waals surface area (Å²) in [4.78, 5) is 64.3. The van der Waals surface area contributed by atoms with Crippen LogP contribution in [0, 0.1) is 0 Å². The maximum Gasteiger partial charge on any atom is 0.341 e. The average Bonchev–Trinajstić information content (AvgIpc) is 3.50. The number of nitrogens with one attached hydrogen (secondary N) is 1. The SMILES string of the molecule is CCOC(=O)c1c(-c2ccccc2)csc1NC(=O)COC(=O)c1ccc(N2C(=O)c3ccccc3C2=O)cc1. The van der Waals surface area contributed by atoms with E-state index in [1.54, 1.807) is 36.6 Å². The number of fused-ring (bicyclic) bond motifs is 1. The number of amides is 3. The van der Waals surface area contributed by atoms with Gasteiger partial charge in [-0.1, -0.05) is 42.5 Å². The molecule has 5 rings (SSSR count). The molecule has 0 radical (unpaired) electrons. The van der Waals surface area contributed by atoms with Crippen molar-refractivity contribution < 1.29 is 33.4 Å². The van der Waals surface area contributed by atoms with Gasteiger partial charge in [0.1, 0.15) is 10.6 Å². The van der Waals surface area contributed by atoms with Crippen LogP contribution in [0.1, 0.15) is 48.4 Å². The summed E-state index contributed by atoms with van der Waals surface area (Å²) in [5.41, 5.74) is 2.70. The molecular formula is C30H22N2O7S. The lowest BCUT2D eigenvalue weighted by atomic mass is 10.0. The van der Waals surface area contributed by atoms with Gasteiger partial charge >= 0.3 is 11.9 Å². The van der Waals surface area contributed by atoms with E-state index in [-0.39, 0.29) is 22.7 Å². The number of esters is 2. The number of thiophene rings is 1. The number of hydrogen-bond acceptors (Lipinski definition) is 8. The monoisotopic (exact) mass is 554 g/mol. The summed E-state index contributed by atoms with van der Waals surface area (Å²) in [5, 5.41) is 4.66. The Kier molecular flexibility index (Phi) is 7.52. The molecule has 0 aliphatic carbocycles. The third kappa shape index (κ3) is 5.12. The van der Waals surface area contributed by atoms with Crippen molar-refractivity contribution in [3.63, 3.8) is 0 Å². The number of nitrogens with zero attached hydrogens (tertiary/aromatic N) is 1. The number of rotatable bonds is 8. The number of imide groups is 1. The standard InChI is InChI=1S/C30H22N2O7S/c1-2-38-30(37)25-23(18-8-4-3-5-9-18)17-40-26(25)31-24(33)16-39-29(36)19-12-14-20(15-13-19)32-27(34)21-10-6-7-11-22(21)28(32)35/h3-15,17H,2,16H2,1H3,(H,31,33). The molecule has 40 heavy (non-hydrogen) atoms. The average molecular weight is 555 g/mol. The fraction of sp³-hybridized carbons (Fsp3) is 0.100. The van der Waals surface area contributed by atoms with Crippen LogP contribution in [0.2, 0.25) is 0 Å². The molecule has 3 aromatic carbocycles. The van der Waals surface area contributed by atoms with Gasteiger partial charge in [0.2, 0.25) is 0 Å². The van der Waals surface area contributed by atoms with E-state index in [4.69, 9.17) is 9.47 Å². The van der Waals surface area contributed by atoms with Crippen LogP contribution in [0.15, 0.2) is 84.2 Å². The molecule has 0 bridgehead atoms. The molecule has 1 aromatic heterocycles. The van der Waals surface area contributed by atoms with Crippen molar-refractivity contribution >= 4 is 51.7 Å². The maximum absolute atomic E-state index is 12.7. The van der Waals surface area contributed by atoms with Gasteiger partial charge in [-0.05, 0) is 48.9 Å². The molecule has 4 aromatic rings. The molecule has 1 aliphatic heterocycles. The molecule has 0 atom stereocenters. The molecule has 10 heteroatoms. The van der Waals surface area contributed by atoms with Gasteiger partial charge in [-0.15, -0.1) is 11.3 Å². The minimum atomic E-state index is -0.772. The minimum Gasteiger partial charge on any atom is -0.462 e. The second kappa shape index (κ2) is 11.3. The Morgan fingerprint density at radius 3 is 2.02 bits per heavy atom. The van der Waals surface area contributed by atoms with Crippen LogP contribution in [0.25, 0.3) is 11.1 Å². The smallest absolute Gasteiger partial charge is 0.341 e. The summed E-state index contributed by atoms with van der Waals surface area (Å²) in [7, 11) is 0. The van der Waals surface area contributed by atoms with Crippen molar-refractivity contribution in [2.24, 2.45) is 0 Å². The molecular weight excluding hydrogens is 532 g/mol. The lowest BCUT2D eigenvalue weighted by Crippen LogP contribution is -2.29. The van der Waals surface area contributed by atoms with Gasteiger partial charge in [-0.25, -0.2) is 14.5 Å². The van der Waals surface area contributed by atoms with Crippen LogP contribution < -0.4 is 10.2 Å². The molecule has 0 unspecified atom stereocenters. The second-order valence-electron chi connectivity index (χ2n) is 8.60. The van der Waals surface area contributed by atoms with Gasteiger partial charge in [0.15, 0.2) is 6.61 Å². The zero-order valence-corrected chi connectivity index (χ0v) is 22.0. The number of carbonyl (C=O) groups is 5. The van der Waals surface area contributed by atoms with E-state index in [2.05, 4.69) is 5.32 Å². The highest BCUT2D eigenvalue weighted by molar-refractivity contribution is 7.15. The van der Waals surface area contributed by atoms with Crippen molar-refractivity contribution in [3.8, 4) is 11.1 Å². The Balaban J connectivity index is 1.23. The first-order chi connectivity index (χ1) is 19.4. The molecule has 1 aliphatic rings. The van der Waals surface area contributed by atoms with Crippen LogP contribution >= 0.6 is 11.3 Å². The summed E-state index contributed by atoms with van der Waals surface area (Å²) >= 11 is 1.16. The number of carbonyl (C=O) groups excluding carboxylic acids is 5.